The minimum absolute atomic E-state index is 0.142. The highest BCUT2D eigenvalue weighted by Crippen LogP contribution is 2.32. The molecule has 0 fully saturated rings. The molecule has 2 N–H and O–H groups in total. The number of thioether (sulfide) groups is 1. The Morgan fingerprint density at radius 1 is 1.82 bits per heavy atom. The molecule has 62 valence electrons. The predicted molar refractivity (Wildman–Crippen MR) is 46.7 cm³/mol. The Balaban J connectivity index is 2.71. The van der Waals surface area contributed by atoms with Gasteiger partial charge in [-0.05, 0) is 19.3 Å². The molecule has 0 aromatic heterocycles. The van der Waals surface area contributed by atoms with Crippen molar-refractivity contribution in [1.29, 1.82) is 0 Å². The maximum atomic E-state index is 10.4. The second-order valence-electron chi connectivity index (χ2n) is 2.74. The van der Waals surface area contributed by atoms with E-state index in [0.717, 1.165) is 6.29 Å². The molecule has 1 aliphatic heterocycles. The lowest BCUT2D eigenvalue weighted by atomic mass is 10.3. The molecule has 0 bridgehead atoms. The Hall–Kier alpha value is -0.480. The average molecular weight is 172 g/mol. The first-order valence-corrected chi connectivity index (χ1v) is 4.33. The van der Waals surface area contributed by atoms with Gasteiger partial charge in [0.05, 0.1) is 6.04 Å². The van der Waals surface area contributed by atoms with Gasteiger partial charge in [-0.15, -0.1) is 0 Å². The zero-order chi connectivity index (χ0) is 8.48. The van der Waals surface area contributed by atoms with Crippen molar-refractivity contribution in [3.8, 4) is 0 Å². The van der Waals surface area contributed by atoms with Crippen LogP contribution in [0.2, 0.25) is 0 Å². The molecule has 0 radical (unpaired) electrons. The summed E-state index contributed by atoms with van der Waals surface area (Å²) in [6.07, 6.45) is 2.74. The van der Waals surface area contributed by atoms with Gasteiger partial charge in [-0.3, -0.25) is 5.73 Å². The van der Waals surface area contributed by atoms with Crippen molar-refractivity contribution in [2.24, 2.45) is 5.73 Å². The van der Waals surface area contributed by atoms with E-state index in [1.54, 1.807) is 0 Å². The number of hydrogen-bond acceptors (Lipinski definition) is 4. The van der Waals surface area contributed by atoms with Gasteiger partial charge < -0.3 is 9.69 Å². The summed E-state index contributed by atoms with van der Waals surface area (Å²) in [6.45, 7) is 3.71. The number of nitrogens with two attached hydrogens (primary N) is 1. The van der Waals surface area contributed by atoms with Crippen molar-refractivity contribution in [3.05, 3.63) is 11.6 Å². The number of carbonyl (C=O) groups excluding carboxylic acids is 1. The zero-order valence-electron chi connectivity index (χ0n) is 6.65. The standard InChI is InChI=1S/C7H12N2OS/c1-6(5-10)9-3-4-11-7(9,2)8/h3-6H,8H2,1-2H3. The molecule has 0 spiro atoms. The van der Waals surface area contributed by atoms with Crippen LogP contribution in [-0.2, 0) is 4.79 Å². The lowest BCUT2D eigenvalue weighted by molar-refractivity contribution is -0.111. The summed E-state index contributed by atoms with van der Waals surface area (Å²) in [5, 5.41) is 1.90. The molecular formula is C7H12N2OS. The summed E-state index contributed by atoms with van der Waals surface area (Å²) in [5.74, 6) is 0. The smallest absolute Gasteiger partial charge is 0.142 e. The maximum Gasteiger partial charge on any atom is 0.142 e. The fourth-order valence-corrected chi connectivity index (χ4v) is 1.86. The lowest BCUT2D eigenvalue weighted by Gasteiger charge is -2.33. The number of aldehydes is 1. The molecule has 4 heteroatoms. The Bertz CT molecular complexity index is 191. The number of rotatable bonds is 2. The van der Waals surface area contributed by atoms with Crippen LogP contribution in [0.1, 0.15) is 13.8 Å². The number of nitrogens with zero attached hydrogens (tertiary/aromatic N) is 1. The van der Waals surface area contributed by atoms with Crippen LogP contribution in [0.5, 0.6) is 0 Å². The first kappa shape index (κ1) is 8.62. The van der Waals surface area contributed by atoms with Crippen molar-refractivity contribution in [2.75, 3.05) is 0 Å². The van der Waals surface area contributed by atoms with E-state index in [1.165, 1.54) is 11.8 Å². The van der Waals surface area contributed by atoms with Gasteiger partial charge in [0.25, 0.3) is 0 Å². The van der Waals surface area contributed by atoms with Crippen molar-refractivity contribution in [3.63, 3.8) is 0 Å². The number of hydrogen-bond donors (Lipinski definition) is 1. The summed E-state index contributed by atoms with van der Waals surface area (Å²) in [4.78, 5) is 11.8. The lowest BCUT2D eigenvalue weighted by Crippen LogP contribution is -2.49. The molecule has 3 nitrogen and oxygen atoms in total. The van der Waals surface area contributed by atoms with Gasteiger partial charge in [0, 0.05) is 6.20 Å². The topological polar surface area (TPSA) is 46.3 Å². The Morgan fingerprint density at radius 2 is 2.45 bits per heavy atom. The molecule has 2 atom stereocenters. The van der Waals surface area contributed by atoms with Crippen molar-refractivity contribution < 1.29 is 4.79 Å². The molecule has 0 aromatic carbocycles. The van der Waals surface area contributed by atoms with E-state index in [9.17, 15) is 4.79 Å². The first-order valence-electron chi connectivity index (χ1n) is 3.45. The van der Waals surface area contributed by atoms with Crippen LogP contribution in [0.4, 0.5) is 0 Å². The van der Waals surface area contributed by atoms with Crippen LogP contribution in [0.25, 0.3) is 0 Å². The van der Waals surface area contributed by atoms with E-state index in [4.69, 9.17) is 5.73 Å². The number of carbonyl (C=O) groups is 1. The van der Waals surface area contributed by atoms with E-state index < -0.39 is 4.99 Å². The summed E-state index contributed by atoms with van der Waals surface area (Å²) in [5.41, 5.74) is 5.87. The molecular weight excluding hydrogens is 160 g/mol. The van der Waals surface area contributed by atoms with Gasteiger partial charge in [0.2, 0.25) is 0 Å². The van der Waals surface area contributed by atoms with Crippen molar-refractivity contribution >= 4 is 18.0 Å². The molecule has 1 rings (SSSR count). The van der Waals surface area contributed by atoms with E-state index in [1.807, 2.05) is 30.4 Å². The van der Waals surface area contributed by atoms with Crippen LogP contribution in [-0.4, -0.2) is 22.2 Å². The molecule has 0 aliphatic carbocycles. The Labute approximate surface area is 70.6 Å². The van der Waals surface area contributed by atoms with Gasteiger partial charge in [0.1, 0.15) is 11.3 Å². The van der Waals surface area contributed by atoms with Crippen LogP contribution in [0.3, 0.4) is 0 Å². The van der Waals surface area contributed by atoms with Gasteiger partial charge in [-0.2, -0.15) is 0 Å². The molecule has 0 aromatic rings. The fraction of sp³-hybridized carbons (Fsp3) is 0.571. The SMILES string of the molecule is CC(C=O)N1C=CSC1(C)N. The average Bonchev–Trinajstić information content (AvgIpc) is 2.28. The maximum absolute atomic E-state index is 10.4. The fourth-order valence-electron chi connectivity index (χ4n) is 1.05. The quantitative estimate of drug-likeness (QED) is 0.624. The van der Waals surface area contributed by atoms with Gasteiger partial charge in [-0.1, -0.05) is 11.8 Å². The van der Waals surface area contributed by atoms with E-state index in [-0.39, 0.29) is 6.04 Å². The van der Waals surface area contributed by atoms with Crippen LogP contribution < -0.4 is 5.73 Å². The van der Waals surface area contributed by atoms with Gasteiger partial charge in [0.15, 0.2) is 0 Å². The third-order valence-corrected chi connectivity index (χ3v) is 2.62. The summed E-state index contributed by atoms with van der Waals surface area (Å²) in [6, 6.07) is -0.142. The van der Waals surface area contributed by atoms with Crippen LogP contribution in [0, 0.1) is 0 Å². The summed E-state index contributed by atoms with van der Waals surface area (Å²) >= 11 is 1.52. The van der Waals surface area contributed by atoms with Gasteiger partial charge >= 0.3 is 0 Å². The molecule has 0 saturated carbocycles. The highest BCUT2D eigenvalue weighted by molar-refractivity contribution is 8.03. The van der Waals surface area contributed by atoms with Crippen LogP contribution >= 0.6 is 11.8 Å². The molecule has 2 unspecified atom stereocenters. The third-order valence-electron chi connectivity index (χ3n) is 1.68. The molecule has 0 saturated heterocycles. The highest BCUT2D eigenvalue weighted by Gasteiger charge is 2.31. The van der Waals surface area contributed by atoms with Crippen molar-refractivity contribution in [2.45, 2.75) is 24.9 Å². The summed E-state index contributed by atoms with van der Waals surface area (Å²) in [7, 11) is 0. The normalized spacial score (nSPS) is 32.5. The van der Waals surface area contributed by atoms with E-state index >= 15 is 0 Å². The molecule has 1 aliphatic rings. The third kappa shape index (κ3) is 1.57. The summed E-state index contributed by atoms with van der Waals surface area (Å²) < 4.78 is 0. The molecule has 1 heterocycles. The predicted octanol–water partition coefficient (Wildman–Crippen LogP) is 0.726. The second-order valence-corrected chi connectivity index (χ2v) is 4.08. The monoisotopic (exact) mass is 172 g/mol. The van der Waals surface area contributed by atoms with E-state index in [0.29, 0.717) is 0 Å². The highest BCUT2D eigenvalue weighted by atomic mass is 32.2. The first-order chi connectivity index (χ1) is 5.08. The van der Waals surface area contributed by atoms with Crippen LogP contribution in [0.15, 0.2) is 11.6 Å². The molecule has 0 amide bonds. The Kier molecular flexibility index (Phi) is 2.25. The minimum atomic E-state index is -0.458. The molecule has 11 heavy (non-hydrogen) atoms. The minimum Gasteiger partial charge on any atom is -0.341 e. The zero-order valence-corrected chi connectivity index (χ0v) is 7.47. The second kappa shape index (κ2) is 2.87. The Morgan fingerprint density at radius 3 is 2.82 bits per heavy atom. The largest absolute Gasteiger partial charge is 0.341 e. The van der Waals surface area contributed by atoms with Gasteiger partial charge in [-0.25, -0.2) is 0 Å². The van der Waals surface area contributed by atoms with Crippen molar-refractivity contribution in [1.82, 2.24) is 4.90 Å². The van der Waals surface area contributed by atoms with E-state index in [2.05, 4.69) is 0 Å².